The van der Waals surface area contributed by atoms with Crippen molar-refractivity contribution in [1.82, 2.24) is 4.98 Å². The summed E-state index contributed by atoms with van der Waals surface area (Å²) < 4.78 is 5.29. The van der Waals surface area contributed by atoms with E-state index in [-0.39, 0.29) is 11.7 Å². The summed E-state index contributed by atoms with van der Waals surface area (Å²) in [6.45, 7) is 6.08. The van der Waals surface area contributed by atoms with Crippen LogP contribution in [0.3, 0.4) is 0 Å². The largest absolute Gasteiger partial charge is 0.497 e. The Morgan fingerprint density at radius 1 is 0.944 bits per heavy atom. The van der Waals surface area contributed by atoms with Crippen LogP contribution in [-0.2, 0) is 4.79 Å². The van der Waals surface area contributed by atoms with Crippen molar-refractivity contribution in [1.29, 1.82) is 5.26 Å². The molecule has 36 heavy (non-hydrogen) atoms. The van der Waals surface area contributed by atoms with Crippen LogP contribution in [0.15, 0.2) is 77.8 Å². The molecule has 0 atom stereocenters. The van der Waals surface area contributed by atoms with Gasteiger partial charge in [-0.2, -0.15) is 5.26 Å². The van der Waals surface area contributed by atoms with Gasteiger partial charge in [0.1, 0.15) is 16.8 Å². The maximum absolute atomic E-state index is 12.7. The fourth-order valence-electron chi connectivity index (χ4n) is 3.75. The lowest BCUT2D eigenvalue weighted by Gasteiger charge is -2.13. The topological polar surface area (TPSA) is 75.0 Å². The van der Waals surface area contributed by atoms with Crippen molar-refractivity contribution in [3.8, 4) is 34.2 Å². The molecule has 3 aromatic carbocycles. The summed E-state index contributed by atoms with van der Waals surface area (Å²) in [6.07, 6.45) is 0. The third kappa shape index (κ3) is 5.76. The summed E-state index contributed by atoms with van der Waals surface area (Å²) in [7, 11) is 1.62. The van der Waals surface area contributed by atoms with Gasteiger partial charge in [-0.05, 0) is 67.8 Å². The lowest BCUT2D eigenvalue weighted by Crippen LogP contribution is -2.14. The average Bonchev–Trinajstić information content (AvgIpc) is 2.89. The molecule has 1 N–H and O–H groups in total. The number of hydrogen-bond acceptors (Lipinski definition) is 5. The molecule has 0 aliphatic rings. The Morgan fingerprint density at radius 3 is 2.28 bits per heavy atom. The minimum atomic E-state index is -0.152. The van der Waals surface area contributed by atoms with Gasteiger partial charge in [-0.1, -0.05) is 59.8 Å². The van der Waals surface area contributed by atoms with Crippen molar-refractivity contribution in [3.63, 3.8) is 0 Å². The van der Waals surface area contributed by atoms with Crippen LogP contribution in [0.1, 0.15) is 22.3 Å². The van der Waals surface area contributed by atoms with Gasteiger partial charge in [-0.3, -0.25) is 4.79 Å². The van der Waals surface area contributed by atoms with Crippen LogP contribution in [0.2, 0.25) is 0 Å². The lowest BCUT2D eigenvalue weighted by atomic mass is 9.99. The number of hydrogen-bond donors (Lipinski definition) is 1. The minimum Gasteiger partial charge on any atom is -0.497 e. The van der Waals surface area contributed by atoms with Crippen LogP contribution >= 0.6 is 11.8 Å². The quantitative estimate of drug-likeness (QED) is 0.282. The Bertz CT molecular complexity index is 1440. The lowest BCUT2D eigenvalue weighted by molar-refractivity contribution is -0.113. The fourth-order valence-corrected chi connectivity index (χ4v) is 4.56. The Hall–Kier alpha value is -4.08. The fraction of sp³-hybridized carbons (Fsp3) is 0.167. The van der Waals surface area contributed by atoms with E-state index in [0.29, 0.717) is 10.6 Å². The molecule has 4 aromatic rings. The van der Waals surface area contributed by atoms with E-state index in [1.807, 2.05) is 93.6 Å². The third-order valence-corrected chi connectivity index (χ3v) is 6.95. The van der Waals surface area contributed by atoms with Gasteiger partial charge in [0.05, 0.1) is 24.1 Å². The van der Waals surface area contributed by atoms with Gasteiger partial charge in [-0.25, -0.2) is 4.98 Å². The number of nitrogens with zero attached hydrogens (tertiary/aromatic N) is 2. The Kier molecular flexibility index (Phi) is 7.72. The molecule has 0 fully saturated rings. The van der Waals surface area contributed by atoms with Crippen LogP contribution in [-0.4, -0.2) is 23.8 Å². The Morgan fingerprint density at radius 2 is 1.64 bits per heavy atom. The molecular weight excluding hydrogens is 466 g/mol. The summed E-state index contributed by atoms with van der Waals surface area (Å²) in [6, 6.07) is 25.8. The number of nitriles is 1. The van der Waals surface area contributed by atoms with Crippen molar-refractivity contribution in [3.05, 3.63) is 95.1 Å². The first-order valence-corrected chi connectivity index (χ1v) is 12.5. The van der Waals surface area contributed by atoms with Crippen LogP contribution in [0.25, 0.3) is 22.4 Å². The second kappa shape index (κ2) is 11.1. The van der Waals surface area contributed by atoms with Gasteiger partial charge in [0.25, 0.3) is 0 Å². The van der Waals surface area contributed by atoms with E-state index in [2.05, 4.69) is 11.4 Å². The normalized spacial score (nSPS) is 10.5. The number of nitrogens with one attached hydrogen (secondary N) is 1. The molecule has 180 valence electrons. The zero-order chi connectivity index (χ0) is 25.7. The van der Waals surface area contributed by atoms with E-state index in [9.17, 15) is 10.1 Å². The molecule has 0 spiro atoms. The summed E-state index contributed by atoms with van der Waals surface area (Å²) in [4.78, 5) is 17.5. The maximum atomic E-state index is 12.7. The smallest absolute Gasteiger partial charge is 0.234 e. The van der Waals surface area contributed by atoms with Crippen molar-refractivity contribution in [2.75, 3.05) is 18.2 Å². The number of benzene rings is 3. The van der Waals surface area contributed by atoms with Gasteiger partial charge in [0.2, 0.25) is 5.91 Å². The highest BCUT2D eigenvalue weighted by atomic mass is 32.2. The van der Waals surface area contributed by atoms with Crippen LogP contribution < -0.4 is 10.1 Å². The standard InChI is InChI=1S/C30H27N3O2S/c1-19-5-8-23(9-6-19)28-16-26(22-10-13-25(35-4)14-11-22)27(17-31)30(33-28)36-18-29(34)32-24-12-7-20(2)21(3)15-24/h5-16H,18H2,1-4H3,(H,32,34). The molecule has 1 aromatic heterocycles. The highest BCUT2D eigenvalue weighted by Crippen LogP contribution is 2.35. The third-order valence-electron chi connectivity index (χ3n) is 5.98. The monoisotopic (exact) mass is 493 g/mol. The molecule has 0 saturated carbocycles. The van der Waals surface area contributed by atoms with Crippen LogP contribution in [0, 0.1) is 32.1 Å². The summed E-state index contributed by atoms with van der Waals surface area (Å²) in [5.74, 6) is 0.719. The van der Waals surface area contributed by atoms with E-state index in [4.69, 9.17) is 9.72 Å². The number of pyridine rings is 1. The average molecular weight is 494 g/mol. The number of rotatable bonds is 7. The number of carbonyl (C=O) groups is 1. The molecule has 0 saturated heterocycles. The summed E-state index contributed by atoms with van der Waals surface area (Å²) >= 11 is 1.26. The number of amides is 1. The van der Waals surface area contributed by atoms with Gasteiger partial charge >= 0.3 is 0 Å². The van der Waals surface area contributed by atoms with Crippen LogP contribution in [0.4, 0.5) is 5.69 Å². The second-order valence-electron chi connectivity index (χ2n) is 8.58. The number of anilines is 1. The first-order valence-electron chi connectivity index (χ1n) is 11.5. The zero-order valence-corrected chi connectivity index (χ0v) is 21.6. The van der Waals surface area contributed by atoms with E-state index in [0.717, 1.165) is 44.9 Å². The molecule has 0 radical (unpaired) electrons. The van der Waals surface area contributed by atoms with Crippen molar-refractivity contribution in [2.45, 2.75) is 25.8 Å². The molecular formula is C30H27N3O2S. The van der Waals surface area contributed by atoms with E-state index in [1.165, 1.54) is 17.3 Å². The molecule has 5 nitrogen and oxygen atoms in total. The van der Waals surface area contributed by atoms with Gasteiger partial charge in [-0.15, -0.1) is 0 Å². The molecule has 0 aliphatic carbocycles. The van der Waals surface area contributed by atoms with Crippen LogP contribution in [0.5, 0.6) is 5.75 Å². The molecule has 1 heterocycles. The molecule has 0 bridgehead atoms. The number of methoxy groups -OCH3 is 1. The van der Waals surface area contributed by atoms with Gasteiger partial charge in [0, 0.05) is 16.8 Å². The molecule has 0 aliphatic heterocycles. The predicted octanol–water partition coefficient (Wildman–Crippen LogP) is 6.95. The molecule has 6 heteroatoms. The van der Waals surface area contributed by atoms with Gasteiger partial charge < -0.3 is 10.1 Å². The number of carbonyl (C=O) groups excluding carboxylic acids is 1. The first kappa shape index (κ1) is 25.0. The SMILES string of the molecule is COc1ccc(-c2cc(-c3ccc(C)cc3)nc(SCC(=O)Nc3ccc(C)c(C)c3)c2C#N)cc1. The van der Waals surface area contributed by atoms with Crippen molar-refractivity contribution >= 4 is 23.4 Å². The number of aryl methyl sites for hydroxylation is 3. The van der Waals surface area contributed by atoms with E-state index >= 15 is 0 Å². The summed E-state index contributed by atoms with van der Waals surface area (Å²) in [5, 5.41) is 13.6. The molecule has 0 unspecified atom stereocenters. The maximum Gasteiger partial charge on any atom is 0.234 e. The Labute approximate surface area is 216 Å². The summed E-state index contributed by atoms with van der Waals surface area (Å²) in [5.41, 5.74) is 7.98. The highest BCUT2D eigenvalue weighted by Gasteiger charge is 2.17. The minimum absolute atomic E-state index is 0.133. The first-order chi connectivity index (χ1) is 17.4. The van der Waals surface area contributed by atoms with E-state index in [1.54, 1.807) is 7.11 Å². The highest BCUT2D eigenvalue weighted by molar-refractivity contribution is 8.00. The number of aromatic nitrogens is 1. The Balaban J connectivity index is 1.68. The molecule has 1 amide bonds. The van der Waals surface area contributed by atoms with Crippen molar-refractivity contribution in [2.24, 2.45) is 0 Å². The number of ether oxygens (including phenoxy) is 1. The number of thioether (sulfide) groups is 1. The second-order valence-corrected chi connectivity index (χ2v) is 9.54. The van der Waals surface area contributed by atoms with E-state index < -0.39 is 0 Å². The molecule has 4 rings (SSSR count). The van der Waals surface area contributed by atoms with Crippen molar-refractivity contribution < 1.29 is 9.53 Å². The predicted molar refractivity (Wildman–Crippen MR) is 146 cm³/mol. The zero-order valence-electron chi connectivity index (χ0n) is 20.8. The van der Waals surface area contributed by atoms with Gasteiger partial charge in [0.15, 0.2) is 0 Å².